The summed E-state index contributed by atoms with van der Waals surface area (Å²) in [5.41, 5.74) is 6.95. The molecule has 0 radical (unpaired) electrons. The summed E-state index contributed by atoms with van der Waals surface area (Å²) in [6, 6.07) is 27.3. The Bertz CT molecular complexity index is 841. The molecule has 0 aliphatic heterocycles. The monoisotopic (exact) mass is 355 g/mol. The van der Waals surface area contributed by atoms with Crippen LogP contribution in [-0.4, -0.2) is 0 Å². The first-order valence-electron chi connectivity index (χ1n) is 9.53. The van der Waals surface area contributed by atoms with Crippen molar-refractivity contribution in [2.45, 2.75) is 27.2 Å². The molecule has 0 amide bonds. The Kier molecular flexibility index (Phi) is 8.12. The number of benzene rings is 3. The predicted octanol–water partition coefficient (Wildman–Crippen LogP) is 8.10. The molecule has 1 heteroatoms. The molecule has 0 unspecified atom stereocenters. The predicted molar refractivity (Wildman–Crippen MR) is 121 cm³/mol. The molecule has 0 aromatic heterocycles. The largest absolute Gasteiger partial charge is 0.356 e. The molecule has 3 rings (SSSR count). The first-order chi connectivity index (χ1) is 13.2. The van der Waals surface area contributed by atoms with Crippen molar-refractivity contribution in [3.05, 3.63) is 103 Å². The average molecular weight is 356 g/mol. The van der Waals surface area contributed by atoms with Gasteiger partial charge in [-0.05, 0) is 53.5 Å². The minimum Gasteiger partial charge on any atom is -0.356 e. The van der Waals surface area contributed by atoms with Gasteiger partial charge < -0.3 is 5.32 Å². The molecule has 0 saturated heterocycles. The van der Waals surface area contributed by atoms with Crippen molar-refractivity contribution in [2.24, 2.45) is 0 Å². The van der Waals surface area contributed by atoms with Crippen LogP contribution >= 0.6 is 0 Å². The fourth-order valence-corrected chi connectivity index (χ4v) is 2.69. The van der Waals surface area contributed by atoms with E-state index in [-0.39, 0.29) is 0 Å². The molecule has 0 aliphatic carbocycles. The lowest BCUT2D eigenvalue weighted by Gasteiger charge is -2.08. The van der Waals surface area contributed by atoms with E-state index in [1.165, 1.54) is 23.1 Å². The van der Waals surface area contributed by atoms with Crippen molar-refractivity contribution in [3.8, 4) is 11.1 Å². The molecule has 3 aromatic carbocycles. The summed E-state index contributed by atoms with van der Waals surface area (Å²) in [7, 11) is 0. The van der Waals surface area contributed by atoms with Crippen LogP contribution in [0.15, 0.2) is 97.6 Å². The molecule has 0 saturated carbocycles. The molecule has 0 aliphatic rings. The number of anilines is 2. The van der Waals surface area contributed by atoms with Gasteiger partial charge in [-0.1, -0.05) is 93.6 Å². The second-order valence-corrected chi connectivity index (χ2v) is 6.30. The van der Waals surface area contributed by atoms with Crippen molar-refractivity contribution in [2.75, 3.05) is 5.32 Å². The summed E-state index contributed by atoms with van der Waals surface area (Å²) in [4.78, 5) is 0. The Hall–Kier alpha value is -3.06. The lowest BCUT2D eigenvalue weighted by atomic mass is 10.00. The number of hydrogen-bond acceptors (Lipinski definition) is 1. The van der Waals surface area contributed by atoms with Gasteiger partial charge in [0.15, 0.2) is 0 Å². The quantitative estimate of drug-likeness (QED) is 0.456. The standard InChI is InChI=1S/C23H21N.C3H8/c1-3-18(4-2)19-10-12-20(13-11-19)21-14-16-23(17-15-21)24-22-8-6-5-7-9-22;1-3-2/h3-17,24H,1H2,2H3;3H2,1-2H3/b18-4+;. The number of para-hydroxylation sites is 1. The lowest BCUT2D eigenvalue weighted by Crippen LogP contribution is -1.89. The van der Waals surface area contributed by atoms with Crippen LogP contribution in [0, 0.1) is 0 Å². The van der Waals surface area contributed by atoms with E-state index in [9.17, 15) is 0 Å². The zero-order chi connectivity index (χ0) is 19.5. The first kappa shape index (κ1) is 20.3. The van der Waals surface area contributed by atoms with E-state index in [1.54, 1.807) is 0 Å². The Labute approximate surface area is 164 Å². The molecular formula is C26H29N. The zero-order valence-corrected chi connectivity index (χ0v) is 16.6. The molecule has 0 fully saturated rings. The van der Waals surface area contributed by atoms with Gasteiger partial charge in [-0.3, -0.25) is 0 Å². The fraction of sp³-hybridized carbons (Fsp3) is 0.154. The first-order valence-corrected chi connectivity index (χ1v) is 9.53. The van der Waals surface area contributed by atoms with Crippen LogP contribution < -0.4 is 5.32 Å². The minimum absolute atomic E-state index is 1.09. The Morgan fingerprint density at radius 1 is 0.778 bits per heavy atom. The van der Waals surface area contributed by atoms with E-state index in [1.807, 2.05) is 31.2 Å². The fourth-order valence-electron chi connectivity index (χ4n) is 2.69. The highest BCUT2D eigenvalue weighted by molar-refractivity contribution is 5.76. The van der Waals surface area contributed by atoms with Crippen LogP contribution in [0.1, 0.15) is 32.8 Å². The maximum atomic E-state index is 3.86. The summed E-state index contributed by atoms with van der Waals surface area (Å²) in [5, 5.41) is 3.40. The van der Waals surface area contributed by atoms with Crippen molar-refractivity contribution < 1.29 is 0 Å². The molecule has 0 heterocycles. The van der Waals surface area contributed by atoms with Gasteiger partial charge in [0.2, 0.25) is 0 Å². The van der Waals surface area contributed by atoms with E-state index in [0.717, 1.165) is 16.9 Å². The number of hydrogen-bond donors (Lipinski definition) is 1. The average Bonchev–Trinajstić information content (AvgIpc) is 2.72. The van der Waals surface area contributed by atoms with E-state index in [0.29, 0.717) is 0 Å². The van der Waals surface area contributed by atoms with Gasteiger partial charge in [0, 0.05) is 11.4 Å². The van der Waals surface area contributed by atoms with Gasteiger partial charge in [0.25, 0.3) is 0 Å². The molecular weight excluding hydrogens is 326 g/mol. The summed E-state index contributed by atoms with van der Waals surface area (Å²) in [5.74, 6) is 0. The van der Waals surface area contributed by atoms with E-state index >= 15 is 0 Å². The SMILES string of the molecule is C=C/C(=C\C)c1ccc(-c2ccc(Nc3ccccc3)cc2)cc1.CCC. The molecule has 1 nitrogen and oxygen atoms in total. The van der Waals surface area contributed by atoms with Gasteiger partial charge in [-0.25, -0.2) is 0 Å². The zero-order valence-electron chi connectivity index (χ0n) is 16.6. The molecule has 3 aromatic rings. The van der Waals surface area contributed by atoms with Crippen molar-refractivity contribution in [1.29, 1.82) is 0 Å². The Balaban J connectivity index is 0.000000817. The normalized spacial score (nSPS) is 10.6. The maximum Gasteiger partial charge on any atom is 0.0384 e. The van der Waals surface area contributed by atoms with Gasteiger partial charge >= 0.3 is 0 Å². The van der Waals surface area contributed by atoms with Gasteiger partial charge in [0.05, 0.1) is 0 Å². The van der Waals surface area contributed by atoms with Crippen LogP contribution in [0.25, 0.3) is 16.7 Å². The third kappa shape index (κ3) is 6.00. The number of rotatable bonds is 5. The molecule has 0 spiro atoms. The number of nitrogens with one attached hydrogen (secondary N) is 1. The van der Waals surface area contributed by atoms with Crippen molar-refractivity contribution in [3.63, 3.8) is 0 Å². The second-order valence-electron chi connectivity index (χ2n) is 6.30. The van der Waals surface area contributed by atoms with Crippen LogP contribution in [0.2, 0.25) is 0 Å². The molecule has 1 N–H and O–H groups in total. The van der Waals surface area contributed by atoms with Crippen molar-refractivity contribution >= 4 is 16.9 Å². The van der Waals surface area contributed by atoms with Crippen LogP contribution in [0.4, 0.5) is 11.4 Å². The van der Waals surface area contributed by atoms with E-state index in [2.05, 4.69) is 92.5 Å². The van der Waals surface area contributed by atoms with E-state index in [4.69, 9.17) is 0 Å². The summed E-state index contributed by atoms with van der Waals surface area (Å²) in [6.45, 7) is 10.1. The maximum absolute atomic E-state index is 3.86. The summed E-state index contributed by atoms with van der Waals surface area (Å²) >= 11 is 0. The third-order valence-corrected chi connectivity index (χ3v) is 4.03. The molecule has 27 heavy (non-hydrogen) atoms. The smallest absolute Gasteiger partial charge is 0.0384 e. The second kappa shape index (κ2) is 10.8. The van der Waals surface area contributed by atoms with Crippen molar-refractivity contribution in [1.82, 2.24) is 0 Å². The minimum atomic E-state index is 1.09. The van der Waals surface area contributed by atoms with E-state index < -0.39 is 0 Å². The molecule has 0 bridgehead atoms. The third-order valence-electron chi connectivity index (χ3n) is 4.03. The Morgan fingerprint density at radius 2 is 1.26 bits per heavy atom. The topological polar surface area (TPSA) is 12.0 Å². The van der Waals surface area contributed by atoms with Crippen LogP contribution in [0.3, 0.4) is 0 Å². The highest BCUT2D eigenvalue weighted by atomic mass is 14.9. The summed E-state index contributed by atoms with van der Waals surface area (Å²) < 4.78 is 0. The Morgan fingerprint density at radius 3 is 1.74 bits per heavy atom. The summed E-state index contributed by atoms with van der Waals surface area (Å²) in [6.07, 6.45) is 5.21. The lowest BCUT2D eigenvalue weighted by molar-refractivity contribution is 1.09. The van der Waals surface area contributed by atoms with Gasteiger partial charge in [-0.15, -0.1) is 0 Å². The van der Waals surface area contributed by atoms with Crippen LogP contribution in [0.5, 0.6) is 0 Å². The highest BCUT2D eigenvalue weighted by Crippen LogP contribution is 2.25. The van der Waals surface area contributed by atoms with Crippen LogP contribution in [-0.2, 0) is 0 Å². The van der Waals surface area contributed by atoms with Gasteiger partial charge in [-0.2, -0.15) is 0 Å². The highest BCUT2D eigenvalue weighted by Gasteiger charge is 2.01. The van der Waals surface area contributed by atoms with Gasteiger partial charge in [0.1, 0.15) is 0 Å². The number of allylic oxidation sites excluding steroid dienone is 3. The molecule has 0 atom stereocenters. The molecule has 138 valence electrons.